The first-order valence-corrected chi connectivity index (χ1v) is 11.9. The predicted molar refractivity (Wildman–Crippen MR) is 116 cm³/mol. The van der Waals surface area contributed by atoms with E-state index >= 15 is 0 Å². The molecule has 0 saturated carbocycles. The van der Waals surface area contributed by atoms with Gasteiger partial charge in [0.15, 0.2) is 5.78 Å². The highest BCUT2D eigenvalue weighted by Gasteiger charge is 2.54. The fourth-order valence-corrected chi connectivity index (χ4v) is 9.22. The van der Waals surface area contributed by atoms with E-state index in [2.05, 4.69) is 45.0 Å². The highest BCUT2D eigenvalue weighted by Crippen LogP contribution is 2.39. The molecular weight excluding hydrogens is 382 g/mol. The molecule has 5 nitrogen and oxygen atoms in total. The van der Waals surface area contributed by atoms with Crippen molar-refractivity contribution in [2.24, 2.45) is 0 Å². The second-order valence-corrected chi connectivity index (χ2v) is 12.9. The highest BCUT2D eigenvalue weighted by atomic mass is 28.4. The van der Waals surface area contributed by atoms with Crippen molar-refractivity contribution in [2.45, 2.75) is 51.3 Å². The molecule has 1 amide bonds. The van der Waals surface area contributed by atoms with Crippen LogP contribution in [0.4, 0.5) is 4.79 Å². The molecule has 1 saturated heterocycles. The number of ketones is 1. The van der Waals surface area contributed by atoms with Crippen LogP contribution in [0.5, 0.6) is 0 Å². The zero-order valence-corrected chi connectivity index (χ0v) is 18.5. The lowest BCUT2D eigenvalue weighted by Gasteiger charge is -2.45. The molecule has 0 spiro atoms. The zero-order chi connectivity index (χ0) is 21.2. The average Bonchev–Trinajstić information content (AvgIpc) is 3.10. The summed E-state index contributed by atoms with van der Waals surface area (Å²) in [7, 11) is -2.84. The van der Waals surface area contributed by atoms with Gasteiger partial charge in [0, 0.05) is 6.54 Å². The second kappa shape index (κ2) is 8.12. The summed E-state index contributed by atoms with van der Waals surface area (Å²) in [5.41, 5.74) is 0. The van der Waals surface area contributed by atoms with Crippen LogP contribution < -0.4 is 10.4 Å². The molecule has 2 unspecified atom stereocenters. The van der Waals surface area contributed by atoms with Gasteiger partial charge in [-0.05, 0) is 28.8 Å². The summed E-state index contributed by atoms with van der Waals surface area (Å²) in [5, 5.41) is 11.6. The molecule has 3 rings (SSSR count). The lowest BCUT2D eigenvalue weighted by molar-refractivity contribution is -0.122. The third-order valence-corrected chi connectivity index (χ3v) is 10.8. The molecule has 0 aromatic heterocycles. The standard InChI is InChI=1S/C23H29NO4Si/c1-17(25)21-20(15-16-24(21)22(26)27)28-29(23(2,3)4,18-11-7-5-8-12-18)19-13-9-6-10-14-19/h5-14,20-21H,15-16H2,1-4H3,(H,26,27). The number of rotatable bonds is 5. The Morgan fingerprint density at radius 2 is 1.48 bits per heavy atom. The maximum absolute atomic E-state index is 12.4. The van der Waals surface area contributed by atoms with Gasteiger partial charge in [0.25, 0.3) is 8.32 Å². The minimum absolute atomic E-state index is 0.173. The highest BCUT2D eigenvalue weighted by molar-refractivity contribution is 6.99. The van der Waals surface area contributed by atoms with Crippen molar-refractivity contribution >= 4 is 30.6 Å². The van der Waals surface area contributed by atoms with Gasteiger partial charge in [0.1, 0.15) is 6.04 Å². The number of nitrogens with zero attached hydrogens (tertiary/aromatic N) is 1. The molecular formula is C23H29NO4Si. The maximum atomic E-state index is 12.4. The number of hydrogen-bond acceptors (Lipinski definition) is 3. The Morgan fingerprint density at radius 3 is 1.86 bits per heavy atom. The Balaban J connectivity index is 2.16. The summed E-state index contributed by atoms with van der Waals surface area (Å²) < 4.78 is 7.00. The van der Waals surface area contributed by atoms with Crippen LogP contribution in [0, 0.1) is 0 Å². The Kier molecular flexibility index (Phi) is 5.96. The molecule has 2 atom stereocenters. The van der Waals surface area contributed by atoms with Crippen molar-refractivity contribution in [3.05, 3.63) is 60.7 Å². The van der Waals surface area contributed by atoms with Crippen LogP contribution in [-0.2, 0) is 9.22 Å². The quantitative estimate of drug-likeness (QED) is 0.767. The number of hydrogen-bond donors (Lipinski definition) is 1. The molecule has 154 valence electrons. The van der Waals surface area contributed by atoms with Gasteiger partial charge in [0.05, 0.1) is 6.10 Å². The fourth-order valence-electron chi connectivity index (χ4n) is 4.50. The maximum Gasteiger partial charge on any atom is 0.408 e. The van der Waals surface area contributed by atoms with Crippen LogP contribution in [0.1, 0.15) is 34.1 Å². The second-order valence-electron chi connectivity index (χ2n) is 8.64. The molecule has 0 bridgehead atoms. The number of carbonyl (C=O) groups excluding carboxylic acids is 1. The topological polar surface area (TPSA) is 66.8 Å². The molecule has 0 aliphatic carbocycles. The summed E-state index contributed by atoms with van der Waals surface area (Å²) in [6.45, 7) is 8.28. The van der Waals surface area contributed by atoms with Crippen molar-refractivity contribution in [3.63, 3.8) is 0 Å². The Hall–Kier alpha value is -2.44. The van der Waals surface area contributed by atoms with Gasteiger partial charge < -0.3 is 9.53 Å². The van der Waals surface area contributed by atoms with Crippen LogP contribution in [0.2, 0.25) is 5.04 Å². The number of amides is 1. The molecule has 29 heavy (non-hydrogen) atoms. The minimum atomic E-state index is -2.84. The van der Waals surface area contributed by atoms with E-state index in [0.29, 0.717) is 13.0 Å². The molecule has 2 aromatic carbocycles. The predicted octanol–water partition coefficient (Wildman–Crippen LogP) is 3.27. The summed E-state index contributed by atoms with van der Waals surface area (Å²) in [6, 6.07) is 19.6. The molecule has 1 aliphatic rings. The van der Waals surface area contributed by atoms with Crippen molar-refractivity contribution < 1.29 is 19.1 Å². The molecule has 1 aliphatic heterocycles. The van der Waals surface area contributed by atoms with E-state index in [-0.39, 0.29) is 10.8 Å². The first-order valence-electron chi connectivity index (χ1n) is 9.97. The largest absolute Gasteiger partial charge is 0.465 e. The van der Waals surface area contributed by atoms with E-state index in [4.69, 9.17) is 4.43 Å². The van der Waals surface area contributed by atoms with E-state index in [1.165, 1.54) is 11.8 Å². The number of Topliss-reactive ketones (excluding diaryl/α,β-unsaturated/α-hetero) is 1. The van der Waals surface area contributed by atoms with Gasteiger partial charge in [0.2, 0.25) is 0 Å². The average molecular weight is 412 g/mol. The van der Waals surface area contributed by atoms with Crippen LogP contribution in [-0.4, -0.2) is 48.9 Å². The molecule has 6 heteroatoms. The van der Waals surface area contributed by atoms with Gasteiger partial charge in [-0.2, -0.15) is 0 Å². The lowest BCUT2D eigenvalue weighted by atomic mass is 10.1. The van der Waals surface area contributed by atoms with Gasteiger partial charge in [-0.25, -0.2) is 4.79 Å². The summed E-state index contributed by atoms with van der Waals surface area (Å²) >= 11 is 0. The molecule has 0 radical (unpaired) electrons. The number of carbonyl (C=O) groups is 2. The van der Waals surface area contributed by atoms with Gasteiger partial charge in [-0.3, -0.25) is 9.69 Å². The van der Waals surface area contributed by atoms with Crippen molar-refractivity contribution in [1.82, 2.24) is 4.90 Å². The Morgan fingerprint density at radius 1 is 1.00 bits per heavy atom. The molecule has 1 N–H and O–H groups in total. The number of benzene rings is 2. The van der Waals surface area contributed by atoms with Crippen LogP contribution in [0.15, 0.2) is 60.7 Å². The normalized spacial score (nSPS) is 19.9. The number of carboxylic acid groups (broad SMARTS) is 1. The summed E-state index contributed by atoms with van der Waals surface area (Å²) in [5.74, 6) is -0.173. The molecule has 1 heterocycles. The van der Waals surface area contributed by atoms with Crippen molar-refractivity contribution in [2.75, 3.05) is 6.54 Å². The van der Waals surface area contributed by atoms with E-state index in [1.54, 1.807) is 0 Å². The van der Waals surface area contributed by atoms with Crippen molar-refractivity contribution in [1.29, 1.82) is 0 Å². The number of likely N-dealkylation sites (tertiary alicyclic amines) is 1. The smallest absolute Gasteiger partial charge is 0.408 e. The summed E-state index contributed by atoms with van der Waals surface area (Å²) in [6.07, 6.45) is -1.02. The van der Waals surface area contributed by atoms with E-state index in [9.17, 15) is 14.7 Å². The summed E-state index contributed by atoms with van der Waals surface area (Å²) in [4.78, 5) is 25.3. The van der Waals surface area contributed by atoms with E-state index < -0.39 is 26.6 Å². The third kappa shape index (κ3) is 3.87. The van der Waals surface area contributed by atoms with E-state index in [0.717, 1.165) is 10.4 Å². The Bertz CT molecular complexity index is 824. The fraction of sp³-hybridized carbons (Fsp3) is 0.391. The lowest BCUT2D eigenvalue weighted by Crippen LogP contribution is -2.68. The first-order chi connectivity index (χ1) is 13.7. The van der Waals surface area contributed by atoms with Gasteiger partial charge in [-0.15, -0.1) is 0 Å². The SMILES string of the molecule is CC(=O)C1C(O[Si](c2ccccc2)(c2ccccc2)C(C)(C)C)CCN1C(=O)O. The van der Waals surface area contributed by atoms with Gasteiger partial charge >= 0.3 is 6.09 Å². The third-order valence-electron chi connectivity index (χ3n) is 5.75. The molecule has 1 fully saturated rings. The minimum Gasteiger partial charge on any atom is -0.465 e. The Labute approximate surface area is 173 Å². The molecule has 2 aromatic rings. The zero-order valence-electron chi connectivity index (χ0n) is 17.5. The first kappa shape index (κ1) is 21.3. The van der Waals surface area contributed by atoms with Crippen LogP contribution in [0.25, 0.3) is 0 Å². The van der Waals surface area contributed by atoms with E-state index in [1.807, 2.05) is 36.4 Å². The van der Waals surface area contributed by atoms with Crippen molar-refractivity contribution in [3.8, 4) is 0 Å². The van der Waals surface area contributed by atoms with Crippen LogP contribution >= 0.6 is 0 Å². The monoisotopic (exact) mass is 411 g/mol. The van der Waals surface area contributed by atoms with Gasteiger partial charge in [-0.1, -0.05) is 81.4 Å². The van der Waals surface area contributed by atoms with Crippen LogP contribution in [0.3, 0.4) is 0 Å².